The number of aliphatic imine (C=N–C) groups is 1. The molecule has 0 saturated heterocycles. The van der Waals surface area contributed by atoms with E-state index in [9.17, 15) is 13.6 Å². The lowest BCUT2D eigenvalue weighted by Gasteiger charge is -2.34. The quantitative estimate of drug-likeness (QED) is 0.294. The van der Waals surface area contributed by atoms with Gasteiger partial charge in [0.05, 0.1) is 18.6 Å². The van der Waals surface area contributed by atoms with E-state index < -0.39 is 17.2 Å². The van der Waals surface area contributed by atoms with Gasteiger partial charge in [0.2, 0.25) is 5.96 Å². The van der Waals surface area contributed by atoms with E-state index in [2.05, 4.69) is 12.1 Å². The molecule has 0 atom stereocenters. The molecule has 198 valence electrons. The van der Waals surface area contributed by atoms with Crippen LogP contribution in [0.1, 0.15) is 43.2 Å². The lowest BCUT2D eigenvalue weighted by atomic mass is 10.0. The number of imidazole rings is 1. The van der Waals surface area contributed by atoms with E-state index in [1.165, 1.54) is 6.07 Å². The molecule has 0 unspecified atom stereocenters. The molecule has 0 radical (unpaired) electrons. The molecule has 3 heterocycles. The number of carbonyl (C=O) groups is 1. The van der Waals surface area contributed by atoms with Gasteiger partial charge in [-0.1, -0.05) is 67.6 Å². The van der Waals surface area contributed by atoms with Crippen molar-refractivity contribution in [2.24, 2.45) is 4.99 Å². The van der Waals surface area contributed by atoms with E-state index in [-0.39, 0.29) is 12.5 Å². The average molecular weight is 526 g/mol. The van der Waals surface area contributed by atoms with Crippen LogP contribution in [0.15, 0.2) is 77.8 Å². The number of hydrogen-bond acceptors (Lipinski definition) is 4. The Bertz CT molecular complexity index is 1590. The summed E-state index contributed by atoms with van der Waals surface area (Å²) in [5.74, 6) is -0.194. The van der Waals surface area contributed by atoms with Gasteiger partial charge in [0.15, 0.2) is 17.3 Å². The molecule has 3 aromatic carbocycles. The summed E-state index contributed by atoms with van der Waals surface area (Å²) in [6, 6.07) is 22.0. The van der Waals surface area contributed by atoms with Gasteiger partial charge in [-0.05, 0) is 49.1 Å². The molecule has 1 aromatic heterocycles. The van der Waals surface area contributed by atoms with Crippen molar-refractivity contribution >= 4 is 17.7 Å². The molecule has 4 aromatic rings. The van der Waals surface area contributed by atoms with Gasteiger partial charge in [-0.15, -0.1) is 0 Å². The van der Waals surface area contributed by atoms with Gasteiger partial charge >= 0.3 is 0 Å². The summed E-state index contributed by atoms with van der Waals surface area (Å²) in [5.41, 5.74) is 3.47. The number of guanidine groups is 1. The fourth-order valence-corrected chi connectivity index (χ4v) is 5.34. The molecule has 8 heteroatoms. The summed E-state index contributed by atoms with van der Waals surface area (Å²) >= 11 is 0. The van der Waals surface area contributed by atoms with Crippen molar-refractivity contribution in [3.8, 4) is 22.5 Å². The Labute approximate surface area is 226 Å². The van der Waals surface area contributed by atoms with Crippen molar-refractivity contribution in [2.45, 2.75) is 39.3 Å². The summed E-state index contributed by atoms with van der Waals surface area (Å²) in [4.78, 5) is 27.3. The molecule has 0 fully saturated rings. The van der Waals surface area contributed by atoms with Crippen molar-refractivity contribution in [2.75, 3.05) is 18.0 Å². The van der Waals surface area contributed by atoms with E-state index in [0.717, 1.165) is 29.2 Å². The van der Waals surface area contributed by atoms with E-state index in [1.54, 1.807) is 11.0 Å². The smallest absolute Gasteiger partial charge is 0.283 e. The second-order valence-electron chi connectivity index (χ2n) is 10.7. The molecular formula is C31H29F2N5O. The van der Waals surface area contributed by atoms with Gasteiger partial charge in [-0.2, -0.15) is 0 Å². The molecular weight excluding hydrogens is 496 g/mol. The maximum absolute atomic E-state index is 14.2. The van der Waals surface area contributed by atoms with Crippen LogP contribution in [-0.2, 0) is 6.54 Å². The van der Waals surface area contributed by atoms with Crippen LogP contribution in [0, 0.1) is 11.6 Å². The molecule has 39 heavy (non-hydrogen) atoms. The number of amides is 1. The highest BCUT2D eigenvalue weighted by atomic mass is 19.2. The number of halogens is 2. The van der Waals surface area contributed by atoms with Crippen LogP contribution in [-0.4, -0.2) is 44.9 Å². The zero-order valence-electron chi connectivity index (χ0n) is 22.2. The first-order valence-corrected chi connectivity index (χ1v) is 13.2. The fraction of sp³-hybridized carbons (Fsp3) is 0.258. The number of nitrogens with zero attached hydrogens (tertiary/aromatic N) is 5. The molecule has 0 saturated carbocycles. The minimum absolute atomic E-state index is 0.203. The molecule has 6 nitrogen and oxygen atoms in total. The Morgan fingerprint density at radius 2 is 1.59 bits per heavy atom. The van der Waals surface area contributed by atoms with Crippen molar-refractivity contribution in [1.29, 1.82) is 0 Å². The summed E-state index contributed by atoms with van der Waals surface area (Å²) in [5, 5.41) is 0. The van der Waals surface area contributed by atoms with E-state index in [1.807, 2.05) is 72.7 Å². The Morgan fingerprint density at radius 1 is 0.897 bits per heavy atom. The highest BCUT2D eigenvalue weighted by molar-refractivity contribution is 6.18. The van der Waals surface area contributed by atoms with Gasteiger partial charge in [-0.25, -0.2) is 18.8 Å². The highest BCUT2D eigenvalue weighted by Gasteiger charge is 2.46. The first kappa shape index (κ1) is 25.0. The molecule has 0 N–H and O–H groups in total. The van der Waals surface area contributed by atoms with Crippen LogP contribution in [0.4, 0.5) is 14.6 Å². The van der Waals surface area contributed by atoms with Crippen molar-refractivity contribution < 1.29 is 13.6 Å². The maximum Gasteiger partial charge on any atom is 0.283 e. The Hall–Kier alpha value is -4.33. The lowest BCUT2D eigenvalue weighted by molar-refractivity contribution is 0.0835. The first-order valence-electron chi connectivity index (χ1n) is 13.2. The summed E-state index contributed by atoms with van der Waals surface area (Å²) in [7, 11) is 0. The number of benzene rings is 3. The van der Waals surface area contributed by atoms with Gasteiger partial charge < -0.3 is 4.57 Å². The van der Waals surface area contributed by atoms with E-state index >= 15 is 0 Å². The zero-order chi connectivity index (χ0) is 27.3. The number of anilines is 1. The first-order chi connectivity index (χ1) is 18.8. The second-order valence-corrected chi connectivity index (χ2v) is 10.7. The van der Waals surface area contributed by atoms with Crippen LogP contribution in [0.2, 0.25) is 0 Å². The predicted octanol–water partition coefficient (Wildman–Crippen LogP) is 6.36. The molecule has 2 aliphatic heterocycles. The molecule has 1 amide bonds. The summed E-state index contributed by atoms with van der Waals surface area (Å²) < 4.78 is 29.9. The number of carbonyl (C=O) groups excluding carboxylic acids is 1. The molecule has 2 aliphatic rings. The van der Waals surface area contributed by atoms with Crippen molar-refractivity contribution in [3.63, 3.8) is 0 Å². The van der Waals surface area contributed by atoms with Gasteiger partial charge in [0.25, 0.3) is 5.91 Å². The Morgan fingerprint density at radius 3 is 2.28 bits per heavy atom. The number of fused-ring (bicyclic) bond motifs is 3. The minimum atomic E-state index is -0.912. The summed E-state index contributed by atoms with van der Waals surface area (Å²) in [6.45, 7) is 7.40. The topological polar surface area (TPSA) is 53.7 Å². The molecule has 0 aliphatic carbocycles. The van der Waals surface area contributed by atoms with Crippen molar-refractivity contribution in [1.82, 2.24) is 14.5 Å². The number of hydrogen-bond donors (Lipinski definition) is 0. The summed E-state index contributed by atoms with van der Waals surface area (Å²) in [6.07, 6.45) is 0.776. The van der Waals surface area contributed by atoms with Crippen LogP contribution < -0.4 is 4.90 Å². The van der Waals surface area contributed by atoms with Crippen LogP contribution in [0.5, 0.6) is 0 Å². The number of aromatic nitrogens is 2. The monoisotopic (exact) mass is 525 g/mol. The standard InChI is InChI=1S/C31H29F2N5O/c1-4-16-36-29(39)26-28(38-19-31(2,3)35-30(36)38)37(18-20-10-15-24(32)25(33)17-20)27(34-26)23-13-11-22(12-14-23)21-8-6-5-7-9-21/h5-15,17H,4,16,18-19H2,1-3H3. The van der Waals surface area contributed by atoms with Crippen LogP contribution in [0.3, 0.4) is 0 Å². The third-order valence-corrected chi connectivity index (χ3v) is 7.10. The van der Waals surface area contributed by atoms with Gasteiger partial charge in [0.1, 0.15) is 11.6 Å². The largest absolute Gasteiger partial charge is 0.305 e. The van der Waals surface area contributed by atoms with E-state index in [4.69, 9.17) is 9.98 Å². The average Bonchev–Trinajstić information content (AvgIpc) is 3.46. The lowest BCUT2D eigenvalue weighted by Crippen LogP contribution is -2.51. The van der Waals surface area contributed by atoms with Crippen LogP contribution in [0.25, 0.3) is 22.5 Å². The van der Waals surface area contributed by atoms with Gasteiger partial charge in [-0.3, -0.25) is 14.6 Å². The Kier molecular flexibility index (Phi) is 6.05. The third-order valence-electron chi connectivity index (χ3n) is 7.10. The molecule has 0 bridgehead atoms. The van der Waals surface area contributed by atoms with Crippen molar-refractivity contribution in [3.05, 3.63) is 95.7 Å². The predicted molar refractivity (Wildman–Crippen MR) is 149 cm³/mol. The molecule has 0 spiro atoms. The van der Waals surface area contributed by atoms with Gasteiger partial charge in [0, 0.05) is 12.1 Å². The third kappa shape index (κ3) is 4.39. The fourth-order valence-electron chi connectivity index (χ4n) is 5.34. The van der Waals surface area contributed by atoms with Crippen LogP contribution >= 0.6 is 0 Å². The normalized spacial score (nSPS) is 15.8. The highest BCUT2D eigenvalue weighted by Crippen LogP contribution is 2.39. The molecule has 6 rings (SSSR count). The van der Waals surface area contributed by atoms with E-state index in [0.29, 0.717) is 41.9 Å². The SMILES string of the molecule is CCCN1C(=O)c2nc(-c3ccc(-c4ccccc4)cc3)n(Cc3ccc(F)c(F)c3)c2N2CC(C)(C)N=C12. The zero-order valence-corrected chi connectivity index (χ0v) is 22.2. The Balaban J connectivity index is 1.51. The maximum atomic E-state index is 14.2. The minimum Gasteiger partial charge on any atom is -0.305 e. The number of rotatable bonds is 6. The second kappa shape index (κ2) is 9.45.